The fraction of sp³-hybridized carbons (Fsp3) is 0.389. The first-order valence-corrected chi connectivity index (χ1v) is 8.52. The number of amides is 1. The molecule has 1 aromatic heterocycles. The van der Waals surface area contributed by atoms with Crippen molar-refractivity contribution in [2.24, 2.45) is 0 Å². The average molecular weight is 316 g/mol. The molecule has 0 bridgehead atoms. The number of rotatable bonds is 8. The second-order valence-corrected chi connectivity index (χ2v) is 6.72. The van der Waals surface area contributed by atoms with Gasteiger partial charge in [0.2, 0.25) is 5.91 Å². The van der Waals surface area contributed by atoms with Crippen molar-refractivity contribution >= 4 is 17.2 Å². The maximum absolute atomic E-state index is 12.6. The normalized spacial score (nSPS) is 10.9. The van der Waals surface area contributed by atoms with Crippen molar-refractivity contribution in [3.8, 4) is 0 Å². The molecule has 2 rings (SSSR count). The molecular formula is C18H24N2OS. The number of nitrogens with zero attached hydrogens (tertiary/aromatic N) is 2. The number of aryl methyl sites for hydroxylation is 1. The highest BCUT2D eigenvalue weighted by molar-refractivity contribution is 7.09. The van der Waals surface area contributed by atoms with Crippen molar-refractivity contribution in [1.29, 1.82) is 0 Å². The van der Waals surface area contributed by atoms with Gasteiger partial charge in [0.25, 0.3) is 0 Å². The number of hydrogen-bond donors (Lipinski definition) is 0. The SMILES string of the molecule is CN(C)CCN(Cc1cccs1)C(=O)CCc1ccccc1. The van der Waals surface area contributed by atoms with E-state index < -0.39 is 0 Å². The van der Waals surface area contributed by atoms with Crippen LogP contribution in [0.2, 0.25) is 0 Å². The third-order valence-corrected chi connectivity index (χ3v) is 4.43. The Kier molecular flexibility index (Phi) is 6.62. The van der Waals surface area contributed by atoms with Gasteiger partial charge in [-0.2, -0.15) is 0 Å². The molecule has 0 aliphatic rings. The van der Waals surface area contributed by atoms with E-state index in [2.05, 4.69) is 28.5 Å². The van der Waals surface area contributed by atoms with Crippen molar-refractivity contribution in [3.63, 3.8) is 0 Å². The number of carbonyl (C=O) groups excluding carboxylic acids is 1. The van der Waals surface area contributed by atoms with E-state index in [4.69, 9.17) is 0 Å². The fourth-order valence-corrected chi connectivity index (χ4v) is 2.98. The van der Waals surface area contributed by atoms with E-state index in [1.54, 1.807) is 11.3 Å². The molecule has 1 heterocycles. The van der Waals surface area contributed by atoms with Gasteiger partial charge in [0.1, 0.15) is 0 Å². The minimum absolute atomic E-state index is 0.235. The van der Waals surface area contributed by atoms with Crippen LogP contribution in [0.5, 0.6) is 0 Å². The van der Waals surface area contributed by atoms with E-state index in [-0.39, 0.29) is 5.91 Å². The molecule has 0 aliphatic carbocycles. The fourth-order valence-electron chi connectivity index (χ4n) is 2.26. The molecule has 2 aromatic rings. The van der Waals surface area contributed by atoms with E-state index in [9.17, 15) is 4.79 Å². The van der Waals surface area contributed by atoms with Crippen molar-refractivity contribution in [2.45, 2.75) is 19.4 Å². The van der Waals surface area contributed by atoms with Crippen LogP contribution >= 0.6 is 11.3 Å². The molecule has 0 aliphatic heterocycles. The molecule has 0 saturated carbocycles. The van der Waals surface area contributed by atoms with Crippen LogP contribution in [0.3, 0.4) is 0 Å². The van der Waals surface area contributed by atoms with Gasteiger partial charge in [0.05, 0.1) is 6.54 Å². The third-order valence-electron chi connectivity index (χ3n) is 3.57. The molecule has 0 unspecified atom stereocenters. The molecule has 4 heteroatoms. The lowest BCUT2D eigenvalue weighted by Crippen LogP contribution is -2.36. The van der Waals surface area contributed by atoms with Gasteiger partial charge in [-0.3, -0.25) is 4.79 Å². The molecule has 0 radical (unpaired) electrons. The van der Waals surface area contributed by atoms with Crippen LogP contribution in [-0.2, 0) is 17.8 Å². The molecule has 1 aromatic carbocycles. The van der Waals surface area contributed by atoms with Crippen molar-refractivity contribution in [3.05, 3.63) is 58.3 Å². The molecular weight excluding hydrogens is 292 g/mol. The van der Waals surface area contributed by atoms with Gasteiger partial charge < -0.3 is 9.80 Å². The molecule has 22 heavy (non-hydrogen) atoms. The van der Waals surface area contributed by atoms with Crippen LogP contribution < -0.4 is 0 Å². The largest absolute Gasteiger partial charge is 0.336 e. The van der Waals surface area contributed by atoms with Crippen LogP contribution in [0, 0.1) is 0 Å². The molecule has 1 amide bonds. The minimum Gasteiger partial charge on any atom is -0.336 e. The molecule has 118 valence electrons. The maximum Gasteiger partial charge on any atom is 0.223 e. The number of hydrogen-bond acceptors (Lipinski definition) is 3. The van der Waals surface area contributed by atoms with Gasteiger partial charge in [-0.05, 0) is 37.5 Å². The first-order valence-electron chi connectivity index (χ1n) is 7.64. The van der Waals surface area contributed by atoms with Gasteiger partial charge >= 0.3 is 0 Å². The van der Waals surface area contributed by atoms with E-state index in [0.29, 0.717) is 6.42 Å². The first kappa shape index (κ1) is 16.7. The molecule has 0 atom stereocenters. The zero-order valence-corrected chi connectivity index (χ0v) is 14.2. The highest BCUT2D eigenvalue weighted by Crippen LogP contribution is 2.13. The van der Waals surface area contributed by atoms with Crippen molar-refractivity contribution < 1.29 is 4.79 Å². The number of carbonyl (C=O) groups is 1. The summed E-state index contributed by atoms with van der Waals surface area (Å²) in [5, 5.41) is 2.06. The molecule has 0 fully saturated rings. The summed E-state index contributed by atoms with van der Waals surface area (Å²) in [5.41, 5.74) is 1.22. The molecule has 3 nitrogen and oxygen atoms in total. The van der Waals surface area contributed by atoms with Gasteiger partial charge in [-0.1, -0.05) is 36.4 Å². The zero-order chi connectivity index (χ0) is 15.8. The van der Waals surface area contributed by atoms with E-state index >= 15 is 0 Å². The van der Waals surface area contributed by atoms with E-state index in [1.165, 1.54) is 10.4 Å². The lowest BCUT2D eigenvalue weighted by molar-refractivity contribution is -0.131. The standard InChI is InChI=1S/C18H24N2OS/c1-19(2)12-13-20(15-17-9-6-14-22-17)18(21)11-10-16-7-4-3-5-8-16/h3-9,14H,10-13,15H2,1-2H3. The monoisotopic (exact) mass is 316 g/mol. The first-order chi connectivity index (χ1) is 10.6. The Morgan fingerprint density at radius 1 is 1.05 bits per heavy atom. The Balaban J connectivity index is 1.92. The Labute approximate surface area is 137 Å². The van der Waals surface area contributed by atoms with Crippen molar-refractivity contribution in [1.82, 2.24) is 9.80 Å². The number of thiophene rings is 1. The van der Waals surface area contributed by atoms with Gasteiger partial charge in [-0.15, -0.1) is 11.3 Å². The minimum atomic E-state index is 0.235. The summed E-state index contributed by atoms with van der Waals surface area (Å²) in [7, 11) is 4.08. The highest BCUT2D eigenvalue weighted by atomic mass is 32.1. The van der Waals surface area contributed by atoms with Gasteiger partial charge in [0, 0.05) is 24.4 Å². The lowest BCUT2D eigenvalue weighted by atomic mass is 10.1. The summed E-state index contributed by atoms with van der Waals surface area (Å²) in [6.07, 6.45) is 1.38. The molecule has 0 saturated heterocycles. The highest BCUT2D eigenvalue weighted by Gasteiger charge is 2.14. The lowest BCUT2D eigenvalue weighted by Gasteiger charge is -2.24. The Morgan fingerprint density at radius 3 is 2.45 bits per heavy atom. The Bertz CT molecular complexity index is 552. The predicted octanol–water partition coefficient (Wildman–Crippen LogP) is 3.27. The average Bonchev–Trinajstić information content (AvgIpc) is 3.03. The zero-order valence-electron chi connectivity index (χ0n) is 13.4. The predicted molar refractivity (Wildman–Crippen MR) is 93.1 cm³/mol. The Morgan fingerprint density at radius 2 is 1.82 bits per heavy atom. The number of likely N-dealkylation sites (N-methyl/N-ethyl adjacent to an activating group) is 1. The maximum atomic E-state index is 12.6. The summed E-state index contributed by atoms with van der Waals surface area (Å²) in [5.74, 6) is 0.235. The van der Waals surface area contributed by atoms with E-state index in [0.717, 1.165) is 26.1 Å². The van der Waals surface area contributed by atoms with Crippen LogP contribution in [0.25, 0.3) is 0 Å². The Hall–Kier alpha value is -1.65. The van der Waals surface area contributed by atoms with Crippen molar-refractivity contribution in [2.75, 3.05) is 27.2 Å². The summed E-state index contributed by atoms with van der Waals surface area (Å²) >= 11 is 1.71. The summed E-state index contributed by atoms with van der Waals surface area (Å²) < 4.78 is 0. The van der Waals surface area contributed by atoms with Crippen LogP contribution in [0.15, 0.2) is 47.8 Å². The number of benzene rings is 1. The van der Waals surface area contributed by atoms with Crippen LogP contribution in [0.1, 0.15) is 16.9 Å². The van der Waals surface area contributed by atoms with Crippen LogP contribution in [0.4, 0.5) is 0 Å². The second kappa shape index (κ2) is 8.71. The summed E-state index contributed by atoms with van der Waals surface area (Å²) in [6, 6.07) is 14.3. The smallest absolute Gasteiger partial charge is 0.223 e. The van der Waals surface area contributed by atoms with Gasteiger partial charge in [0.15, 0.2) is 0 Å². The summed E-state index contributed by atoms with van der Waals surface area (Å²) in [4.78, 5) is 17.9. The summed E-state index contributed by atoms with van der Waals surface area (Å²) in [6.45, 7) is 2.39. The van der Waals surface area contributed by atoms with Gasteiger partial charge in [-0.25, -0.2) is 0 Å². The second-order valence-electron chi connectivity index (χ2n) is 5.68. The van der Waals surface area contributed by atoms with Crippen LogP contribution in [-0.4, -0.2) is 42.9 Å². The molecule has 0 spiro atoms. The van der Waals surface area contributed by atoms with E-state index in [1.807, 2.05) is 43.3 Å². The topological polar surface area (TPSA) is 23.6 Å². The third kappa shape index (κ3) is 5.62. The molecule has 0 N–H and O–H groups in total. The quantitative estimate of drug-likeness (QED) is 0.746.